The van der Waals surface area contributed by atoms with Gasteiger partial charge in [0.15, 0.2) is 0 Å². The second-order valence-corrected chi connectivity index (χ2v) is 0.582. The zero-order valence-corrected chi connectivity index (χ0v) is 10.5. The van der Waals surface area contributed by atoms with Crippen molar-refractivity contribution in [2.24, 2.45) is 0 Å². The van der Waals surface area contributed by atoms with Crippen molar-refractivity contribution >= 4 is 11.1 Å². The molecule has 0 N–H and O–H groups in total. The molecule has 5 heteroatoms. The number of rotatable bonds is 0. The van der Waals surface area contributed by atoms with Crippen LogP contribution >= 0.6 is 0 Å². The van der Waals surface area contributed by atoms with E-state index in [1.165, 1.54) is 0 Å². The van der Waals surface area contributed by atoms with Crippen molar-refractivity contribution in [3.8, 4) is 0 Å². The Morgan fingerprint density at radius 3 is 1.33 bits per heavy atom. The van der Waals surface area contributed by atoms with Crippen LogP contribution in [-0.2, 0) is 19.5 Å². The molecule has 6 heavy (non-hydrogen) atoms. The van der Waals surface area contributed by atoms with Crippen LogP contribution in [0.25, 0.3) is 0 Å². The van der Waals surface area contributed by atoms with Gasteiger partial charge in [-0.05, 0) is 0 Å². The van der Waals surface area contributed by atoms with Gasteiger partial charge in [-0.1, -0.05) is 0 Å². The van der Waals surface area contributed by atoms with Crippen molar-refractivity contribution in [2.75, 3.05) is 0 Å². The Morgan fingerprint density at radius 1 is 1.33 bits per heavy atom. The second kappa shape index (κ2) is 9.11. The van der Waals surface area contributed by atoms with Crippen molar-refractivity contribution in [1.82, 2.24) is 0 Å². The van der Waals surface area contributed by atoms with Gasteiger partial charge in [0, 0.05) is 0 Å². The maximum atomic E-state index is 9.92. The Hall–Kier alpha value is -1.12. The summed E-state index contributed by atoms with van der Waals surface area (Å²) in [6.45, 7) is 0. The van der Waals surface area contributed by atoms with Gasteiger partial charge in [-0.2, -0.15) is 0 Å². The zero-order chi connectivity index (χ0) is 3.58. The fraction of sp³-hybridized carbons (Fsp3) is 0. The number of hydrogen-bond acceptors (Lipinski definition) is 3. The summed E-state index contributed by atoms with van der Waals surface area (Å²) in [5, 5.41) is 0. The largest absolute Gasteiger partial charge is 0.392 e. The topological polar surface area (TPSA) is 34.1 Å². The standard InChI is InChI=1S/CH3.FO2S.Rf/c;1-4(2)3;/h1H3;;/q2*-1;. The first-order chi connectivity index (χ1) is 1.73. The average Bonchev–Trinajstić information content (AvgIpc) is 0.811. The van der Waals surface area contributed by atoms with Crippen LogP contribution in [0.5, 0.6) is 0 Å². The van der Waals surface area contributed by atoms with Gasteiger partial charge in [-0.3, -0.25) is 0 Å². The Kier molecular flexibility index (Phi) is 31.5. The van der Waals surface area contributed by atoms with E-state index in [2.05, 4.69) is 0 Å². The summed E-state index contributed by atoms with van der Waals surface area (Å²) in [7, 11) is 0. The molecule has 0 fully saturated rings. The van der Waals surface area contributed by atoms with Gasteiger partial charge < -0.3 is 19.7 Å². The van der Waals surface area contributed by atoms with Gasteiger partial charge >= 0.3 is 0 Å². The van der Waals surface area contributed by atoms with Gasteiger partial charge in [0.2, 0.25) is 0 Å². The maximum absolute atomic E-state index is 9.92. The first-order valence-electron chi connectivity index (χ1n) is 0.488. The monoisotopic (exact) mass is 365 g/mol. The summed E-state index contributed by atoms with van der Waals surface area (Å²) in [6, 6.07) is 0. The molecule has 0 amide bonds. The van der Waals surface area contributed by atoms with Gasteiger partial charge in [-0.15, -0.1) is 0 Å². The summed E-state index contributed by atoms with van der Waals surface area (Å²) >= 11 is -3.36. The van der Waals surface area contributed by atoms with Crippen LogP contribution < -0.4 is 0 Å². The fourth-order valence-electron chi connectivity index (χ4n) is 0. The molecule has 0 unspecified atom stereocenters. The van der Waals surface area contributed by atoms with Crippen molar-refractivity contribution < 1.29 is 12.3 Å². The smallest absolute Gasteiger partial charge is 0.0872 e. The molecular formula is CH3FO2RfS-2. The molecule has 0 saturated carbocycles. The first-order valence-corrected chi connectivity index (χ1v) is 1.46. The van der Waals surface area contributed by atoms with Crippen LogP contribution in [0.15, 0.2) is 0 Å². The Bertz CT molecular complexity index is 61.9. The van der Waals surface area contributed by atoms with E-state index in [1.807, 2.05) is 0 Å². The molecule has 0 rings (SSSR count). The minimum Gasteiger partial charge on any atom is -0.392 e. The molecule has 0 aromatic heterocycles. The molecule has 0 aliphatic carbocycles. The predicted molar refractivity (Wildman–Crippen MR) is 16.3 cm³/mol. The molecule has 0 spiro atoms. The summed E-state index contributed by atoms with van der Waals surface area (Å²) in [5.41, 5.74) is 0. The third-order valence-corrected chi connectivity index (χ3v) is 0. The van der Waals surface area contributed by atoms with E-state index in [9.17, 15) is 3.89 Å². The quantitative estimate of drug-likeness (QED) is 0.359. The minimum atomic E-state index is -3.36. The van der Waals surface area contributed by atoms with E-state index in [0.717, 1.165) is 0 Å². The number of halogens is 1. The molecule has 0 aromatic carbocycles. The molecule has 0 atom stereocenters. The molecule has 0 radical (unpaired) electrons. The molecular weight excluding hydrogens is 362 g/mol. The summed E-state index contributed by atoms with van der Waals surface area (Å²) < 4.78 is 26.6. The first kappa shape index (κ1) is 20.8. The fourth-order valence-corrected chi connectivity index (χ4v) is 0. The Labute approximate surface area is 31.9 Å². The van der Waals surface area contributed by atoms with E-state index >= 15 is 0 Å². The van der Waals surface area contributed by atoms with E-state index in [-0.39, 0.29) is 7.43 Å². The van der Waals surface area contributed by atoms with Crippen LogP contribution in [0, 0.1) is 7.43 Å². The average molecular weight is 365 g/mol. The van der Waals surface area contributed by atoms with Crippen LogP contribution in [0.2, 0.25) is 0 Å². The Morgan fingerprint density at radius 2 is 1.33 bits per heavy atom. The maximum Gasteiger partial charge on any atom is 0.0872 e. The summed E-state index contributed by atoms with van der Waals surface area (Å²) in [6.07, 6.45) is 0. The summed E-state index contributed by atoms with van der Waals surface area (Å²) in [4.78, 5) is 0. The normalized spacial score (nSPS) is 5.67. The summed E-state index contributed by atoms with van der Waals surface area (Å²) in [5.74, 6) is 0. The third kappa shape index (κ3) is 8.11. The molecule has 0 saturated heterocycles. The van der Waals surface area contributed by atoms with Crippen molar-refractivity contribution in [3.63, 3.8) is 0 Å². The van der Waals surface area contributed by atoms with Gasteiger partial charge in [-0.25, -0.2) is 0 Å². The molecule has 0 aliphatic heterocycles. The van der Waals surface area contributed by atoms with E-state index in [0.29, 0.717) is 0 Å². The van der Waals surface area contributed by atoms with Gasteiger partial charge in [0.25, 0.3) is 0 Å². The second-order valence-electron chi connectivity index (χ2n) is 0.194. The Balaban J connectivity index is -0.0000000450. The molecule has 0 aromatic rings. The molecule has 0 aliphatic rings. The van der Waals surface area contributed by atoms with Crippen molar-refractivity contribution in [3.05, 3.63) is 7.43 Å². The van der Waals surface area contributed by atoms with Crippen LogP contribution in [0.3, 0.4) is 0 Å². The van der Waals surface area contributed by atoms with Crippen molar-refractivity contribution in [2.45, 2.75) is 0 Å². The SMILES string of the molecule is O=[S-](=O)F.[CH3-].[Rf]. The molecule has 0 heterocycles. The number of hydrogen-bond donors (Lipinski definition) is 0. The van der Waals surface area contributed by atoms with Gasteiger partial charge in [0.1, 0.15) is 0 Å². The molecule has 0 bridgehead atoms. The van der Waals surface area contributed by atoms with Crippen LogP contribution in [0.4, 0.5) is 3.89 Å². The molecule has 2 nitrogen and oxygen atoms in total. The van der Waals surface area contributed by atoms with Gasteiger partial charge in [0.05, 0.1) is 11.1 Å². The predicted octanol–water partition coefficient (Wildman–Crippen LogP) is 0.630. The zero-order valence-electron chi connectivity index (χ0n) is 3.31. The van der Waals surface area contributed by atoms with E-state index < -0.39 is 11.1 Å². The van der Waals surface area contributed by atoms with E-state index in [1.54, 1.807) is 0 Å². The van der Waals surface area contributed by atoms with Crippen molar-refractivity contribution in [1.29, 1.82) is 0 Å². The van der Waals surface area contributed by atoms with Crippen LogP contribution in [-0.4, -0.2) is 0 Å². The molecule has 36 valence electrons. The van der Waals surface area contributed by atoms with E-state index in [4.69, 9.17) is 8.42 Å². The minimum absolute atomic E-state index is 0. The van der Waals surface area contributed by atoms with Crippen LogP contribution in [0.1, 0.15) is 0 Å². The third-order valence-electron chi connectivity index (χ3n) is 0.